The summed E-state index contributed by atoms with van der Waals surface area (Å²) in [6.07, 6.45) is 45.1. The zero-order valence-corrected chi connectivity index (χ0v) is 33.9. The van der Waals surface area contributed by atoms with Gasteiger partial charge in [-0.05, 0) is 89.9 Å². The third kappa shape index (κ3) is 37.2. The highest BCUT2D eigenvalue weighted by molar-refractivity contribution is 7.47. The third-order valence-corrected chi connectivity index (χ3v) is 8.49. The van der Waals surface area contributed by atoms with Crippen LogP contribution in [0, 0.1) is 0 Å². The summed E-state index contributed by atoms with van der Waals surface area (Å²) >= 11 is 0. The smallest absolute Gasteiger partial charge is 0.462 e. The second-order valence-electron chi connectivity index (χ2n) is 12.6. The first-order valence-electron chi connectivity index (χ1n) is 19.8. The van der Waals surface area contributed by atoms with E-state index in [2.05, 4.69) is 92.8 Å². The van der Waals surface area contributed by atoms with Crippen molar-refractivity contribution in [2.45, 2.75) is 135 Å². The van der Waals surface area contributed by atoms with Crippen LogP contribution in [0.5, 0.6) is 0 Å². The molecule has 0 fully saturated rings. The first-order chi connectivity index (χ1) is 26.2. The lowest BCUT2D eigenvalue weighted by Crippen LogP contribution is -2.29. The molecule has 0 saturated heterocycles. The normalized spacial score (nSPS) is 15.0. The second-order valence-corrected chi connectivity index (χ2v) is 14.0. The molecule has 0 aliphatic carbocycles. The molecule has 11 heteroatoms. The Labute approximate surface area is 326 Å². The van der Waals surface area contributed by atoms with E-state index in [0.717, 1.165) is 70.6 Å². The predicted octanol–water partition coefficient (Wildman–Crippen LogP) is 10.0. The van der Waals surface area contributed by atoms with E-state index in [-0.39, 0.29) is 38.7 Å². The zero-order valence-electron chi connectivity index (χ0n) is 33.0. The van der Waals surface area contributed by atoms with E-state index in [0.29, 0.717) is 25.7 Å². The van der Waals surface area contributed by atoms with Gasteiger partial charge in [0.25, 0.3) is 0 Å². The fourth-order valence-corrected chi connectivity index (χ4v) is 5.40. The molecular formula is C43H70NO9P. The monoisotopic (exact) mass is 775 g/mol. The number of unbranched alkanes of at least 4 members (excludes halogenated alkanes) is 3. The third-order valence-electron chi connectivity index (χ3n) is 7.51. The van der Waals surface area contributed by atoms with Gasteiger partial charge in [-0.15, -0.1) is 0 Å². The Morgan fingerprint density at radius 2 is 1.15 bits per heavy atom. The number of aliphatic hydroxyl groups excluding tert-OH is 1. The summed E-state index contributed by atoms with van der Waals surface area (Å²) in [5, 5.41) is 9.71. The van der Waals surface area contributed by atoms with Crippen molar-refractivity contribution in [2.24, 2.45) is 5.73 Å². The molecule has 3 atom stereocenters. The number of phosphoric acid groups is 1. The van der Waals surface area contributed by atoms with Gasteiger partial charge in [0.15, 0.2) is 6.10 Å². The lowest BCUT2D eigenvalue weighted by molar-refractivity contribution is -0.161. The summed E-state index contributed by atoms with van der Waals surface area (Å²) in [6, 6.07) is 0. The van der Waals surface area contributed by atoms with Crippen LogP contribution in [0.2, 0.25) is 0 Å². The van der Waals surface area contributed by atoms with E-state index in [1.807, 2.05) is 18.2 Å². The van der Waals surface area contributed by atoms with Gasteiger partial charge in [0.2, 0.25) is 0 Å². The molecule has 0 radical (unpaired) electrons. The highest BCUT2D eigenvalue weighted by Crippen LogP contribution is 2.43. The predicted molar refractivity (Wildman–Crippen MR) is 221 cm³/mol. The van der Waals surface area contributed by atoms with E-state index >= 15 is 0 Å². The number of hydrogen-bond donors (Lipinski definition) is 3. The first kappa shape index (κ1) is 50.9. The number of nitrogens with two attached hydrogens (primary N) is 1. The Bertz CT molecular complexity index is 1220. The number of hydrogen-bond acceptors (Lipinski definition) is 9. The van der Waals surface area contributed by atoms with Gasteiger partial charge >= 0.3 is 19.8 Å². The Kier molecular flexibility index (Phi) is 36.0. The minimum Gasteiger partial charge on any atom is -0.462 e. The van der Waals surface area contributed by atoms with Crippen molar-refractivity contribution < 1.29 is 42.7 Å². The minimum absolute atomic E-state index is 0.0277. The van der Waals surface area contributed by atoms with Crippen LogP contribution in [0.1, 0.15) is 123 Å². The number of aliphatic hydroxyl groups is 1. The Balaban J connectivity index is 4.41. The SMILES string of the molecule is CC/C=C\C/C=C\C/C=C\C/C=C\CCCCC(=O)O[C@H](COC(=O)CCC/C=C\C/C=C\C/C=C\C/C=C\CC(O)CCC)COP(=O)(O)OCCN. The van der Waals surface area contributed by atoms with E-state index in [9.17, 15) is 24.2 Å². The van der Waals surface area contributed by atoms with Gasteiger partial charge in [0.05, 0.1) is 19.3 Å². The topological polar surface area (TPSA) is 155 Å². The summed E-state index contributed by atoms with van der Waals surface area (Å²) in [6.45, 7) is 3.25. The Morgan fingerprint density at radius 3 is 1.69 bits per heavy atom. The van der Waals surface area contributed by atoms with Crippen molar-refractivity contribution in [3.05, 3.63) is 97.2 Å². The number of ether oxygens (including phenoxy) is 2. The van der Waals surface area contributed by atoms with Crippen LogP contribution in [0.25, 0.3) is 0 Å². The van der Waals surface area contributed by atoms with Crippen LogP contribution < -0.4 is 5.73 Å². The van der Waals surface area contributed by atoms with Crippen molar-refractivity contribution in [3.8, 4) is 0 Å². The maximum atomic E-state index is 12.5. The standard InChI is InChI=1S/C43H70NO9P/c1-3-5-6-7-8-9-10-11-12-15-19-22-25-28-31-35-43(47)53-41(39-52-54(48,49)51-37-36-44)38-50-42(46)34-30-27-24-21-18-16-13-14-17-20-23-26-29-33-40(45)32-4-2/h5-6,8-9,11-13,16-17,19-22,24,26,29,40-41,45H,3-4,7,10,14-15,18,23,25,27-28,30-39,44H2,1-2H3,(H,48,49)/b6-5-,9-8-,12-11-,16-13-,20-17-,22-19-,24-21-,29-26-/t40?,41-/m1/s1. The van der Waals surface area contributed by atoms with Crippen molar-refractivity contribution >= 4 is 19.8 Å². The average molecular weight is 776 g/mol. The highest BCUT2D eigenvalue weighted by atomic mass is 31.2. The fraction of sp³-hybridized carbons (Fsp3) is 0.581. The summed E-state index contributed by atoms with van der Waals surface area (Å²) in [4.78, 5) is 34.7. The van der Waals surface area contributed by atoms with Gasteiger partial charge in [-0.3, -0.25) is 18.6 Å². The fourth-order valence-electron chi connectivity index (χ4n) is 4.63. The summed E-state index contributed by atoms with van der Waals surface area (Å²) in [7, 11) is -4.41. The molecule has 4 N–H and O–H groups in total. The maximum Gasteiger partial charge on any atom is 0.472 e. The number of allylic oxidation sites excluding steroid dienone is 15. The molecule has 0 heterocycles. The first-order valence-corrected chi connectivity index (χ1v) is 21.3. The number of phosphoric ester groups is 1. The van der Waals surface area contributed by atoms with Crippen molar-refractivity contribution in [2.75, 3.05) is 26.4 Å². The Hall–Kier alpha value is -3.11. The van der Waals surface area contributed by atoms with Gasteiger partial charge in [-0.2, -0.15) is 0 Å². The second kappa shape index (κ2) is 38.2. The van der Waals surface area contributed by atoms with Crippen LogP contribution in [0.15, 0.2) is 97.2 Å². The number of esters is 2. The van der Waals surface area contributed by atoms with Crippen LogP contribution in [-0.2, 0) is 32.7 Å². The van der Waals surface area contributed by atoms with E-state index < -0.39 is 32.5 Å². The molecule has 0 spiro atoms. The molecular weight excluding hydrogens is 705 g/mol. The summed E-state index contributed by atoms with van der Waals surface area (Å²) in [5.41, 5.74) is 5.33. The highest BCUT2D eigenvalue weighted by Gasteiger charge is 2.25. The van der Waals surface area contributed by atoms with Crippen molar-refractivity contribution in [1.82, 2.24) is 0 Å². The number of carbonyl (C=O) groups excluding carboxylic acids is 2. The quantitative estimate of drug-likeness (QED) is 0.0245. The lowest BCUT2D eigenvalue weighted by atomic mass is 10.1. The molecule has 0 aromatic rings. The maximum absolute atomic E-state index is 12.5. The molecule has 0 aromatic heterocycles. The largest absolute Gasteiger partial charge is 0.472 e. The lowest BCUT2D eigenvalue weighted by Gasteiger charge is -2.19. The van der Waals surface area contributed by atoms with Crippen LogP contribution in [0.4, 0.5) is 0 Å². The van der Waals surface area contributed by atoms with Crippen molar-refractivity contribution in [1.29, 1.82) is 0 Å². The molecule has 10 nitrogen and oxygen atoms in total. The number of carbonyl (C=O) groups is 2. The molecule has 0 rings (SSSR count). The van der Waals surface area contributed by atoms with E-state index in [4.69, 9.17) is 24.3 Å². The molecule has 2 unspecified atom stereocenters. The van der Waals surface area contributed by atoms with E-state index in [1.54, 1.807) is 0 Å². The Morgan fingerprint density at radius 1 is 0.648 bits per heavy atom. The molecule has 0 amide bonds. The minimum atomic E-state index is -4.41. The molecule has 0 aliphatic heterocycles. The van der Waals surface area contributed by atoms with Gasteiger partial charge in [-0.25, -0.2) is 4.57 Å². The molecule has 0 aliphatic rings. The van der Waals surface area contributed by atoms with Crippen LogP contribution in [0.3, 0.4) is 0 Å². The zero-order chi connectivity index (χ0) is 39.8. The molecule has 54 heavy (non-hydrogen) atoms. The molecule has 0 bridgehead atoms. The summed E-state index contributed by atoms with van der Waals surface area (Å²) in [5.74, 6) is -0.977. The van der Waals surface area contributed by atoms with Gasteiger partial charge in [-0.1, -0.05) is 117 Å². The van der Waals surface area contributed by atoms with Gasteiger partial charge < -0.3 is 25.2 Å². The molecule has 0 saturated carbocycles. The van der Waals surface area contributed by atoms with Crippen LogP contribution >= 0.6 is 7.82 Å². The average Bonchev–Trinajstić information content (AvgIpc) is 3.15. The molecule has 0 aromatic carbocycles. The molecule has 306 valence electrons. The van der Waals surface area contributed by atoms with Gasteiger partial charge in [0.1, 0.15) is 6.61 Å². The van der Waals surface area contributed by atoms with Gasteiger partial charge in [0, 0.05) is 19.4 Å². The number of rotatable bonds is 35. The van der Waals surface area contributed by atoms with Crippen molar-refractivity contribution in [3.63, 3.8) is 0 Å². The van der Waals surface area contributed by atoms with E-state index in [1.165, 1.54) is 0 Å². The summed E-state index contributed by atoms with van der Waals surface area (Å²) < 4.78 is 32.6. The van der Waals surface area contributed by atoms with Crippen LogP contribution in [-0.4, -0.2) is 60.5 Å².